The van der Waals surface area contributed by atoms with Crippen LogP contribution in [0.25, 0.3) is 0 Å². The van der Waals surface area contributed by atoms with Crippen LogP contribution in [0.1, 0.15) is 16.2 Å². The molecule has 1 N–H and O–H groups in total. The Hall–Kier alpha value is -2.08. The molecular formula is C12H11ClN4O2. The first kappa shape index (κ1) is 12.0. The van der Waals surface area contributed by atoms with Crippen LogP contribution in [0.4, 0.5) is 0 Å². The van der Waals surface area contributed by atoms with Crippen molar-refractivity contribution in [2.75, 3.05) is 6.54 Å². The van der Waals surface area contributed by atoms with E-state index in [1.807, 2.05) is 4.57 Å². The van der Waals surface area contributed by atoms with Crippen molar-refractivity contribution in [3.8, 4) is 5.75 Å². The number of hydrogen-bond acceptors (Lipinski definition) is 4. The van der Waals surface area contributed by atoms with Crippen LogP contribution in [0, 0.1) is 0 Å². The number of carbonyl (C=O) groups excluding carboxylic acids is 1. The first-order chi connectivity index (χ1) is 9.15. The second kappa shape index (κ2) is 4.55. The second-order valence-corrected chi connectivity index (χ2v) is 4.77. The number of nitrogens with zero attached hydrogens (tertiary/aromatic N) is 4. The highest BCUT2D eigenvalue weighted by Gasteiger charge is 2.24. The molecule has 1 aromatic heterocycles. The molecule has 0 spiro atoms. The van der Waals surface area contributed by atoms with E-state index in [0.717, 1.165) is 5.82 Å². The highest BCUT2D eigenvalue weighted by Crippen LogP contribution is 2.24. The van der Waals surface area contributed by atoms with Gasteiger partial charge in [-0.3, -0.25) is 4.79 Å². The van der Waals surface area contributed by atoms with Crippen molar-refractivity contribution in [3.05, 3.63) is 40.9 Å². The largest absolute Gasteiger partial charge is 0.507 e. The molecule has 2 heterocycles. The molecule has 0 bridgehead atoms. The SMILES string of the molecule is O=C(c1ccc(Cl)cc1O)N1CCn2cnnc2C1. The van der Waals surface area contributed by atoms with E-state index >= 15 is 0 Å². The third-order valence-corrected chi connectivity index (χ3v) is 3.35. The van der Waals surface area contributed by atoms with Crippen LogP contribution in [-0.2, 0) is 13.1 Å². The van der Waals surface area contributed by atoms with Crippen molar-refractivity contribution in [2.24, 2.45) is 0 Å². The van der Waals surface area contributed by atoms with Crippen LogP contribution in [-0.4, -0.2) is 37.2 Å². The molecule has 7 heteroatoms. The maximum Gasteiger partial charge on any atom is 0.258 e. The molecule has 0 atom stereocenters. The van der Waals surface area contributed by atoms with E-state index < -0.39 is 0 Å². The van der Waals surface area contributed by atoms with Crippen molar-refractivity contribution in [2.45, 2.75) is 13.1 Å². The van der Waals surface area contributed by atoms with Gasteiger partial charge in [-0.15, -0.1) is 10.2 Å². The summed E-state index contributed by atoms with van der Waals surface area (Å²) in [6.45, 7) is 1.61. The summed E-state index contributed by atoms with van der Waals surface area (Å²) in [5.41, 5.74) is 0.248. The van der Waals surface area contributed by atoms with Crippen LogP contribution in [0.5, 0.6) is 5.75 Å². The average molecular weight is 279 g/mol. The van der Waals surface area contributed by atoms with Crippen molar-refractivity contribution in [3.63, 3.8) is 0 Å². The number of benzene rings is 1. The van der Waals surface area contributed by atoms with Gasteiger partial charge in [0.25, 0.3) is 5.91 Å². The molecule has 3 rings (SSSR count). The summed E-state index contributed by atoms with van der Waals surface area (Å²) in [4.78, 5) is 14.0. The number of rotatable bonds is 1. The summed E-state index contributed by atoms with van der Waals surface area (Å²) >= 11 is 5.75. The topological polar surface area (TPSA) is 71.2 Å². The molecule has 19 heavy (non-hydrogen) atoms. The van der Waals surface area contributed by atoms with E-state index in [4.69, 9.17) is 11.6 Å². The number of fused-ring (bicyclic) bond motifs is 1. The smallest absolute Gasteiger partial charge is 0.258 e. The maximum absolute atomic E-state index is 12.3. The number of amides is 1. The van der Waals surface area contributed by atoms with Gasteiger partial charge in [0.1, 0.15) is 12.1 Å². The Bertz CT molecular complexity index is 640. The van der Waals surface area contributed by atoms with Crippen molar-refractivity contribution >= 4 is 17.5 Å². The minimum atomic E-state index is -0.233. The fourth-order valence-electron chi connectivity index (χ4n) is 2.10. The van der Waals surface area contributed by atoms with Gasteiger partial charge in [-0.05, 0) is 18.2 Å². The second-order valence-electron chi connectivity index (χ2n) is 4.33. The van der Waals surface area contributed by atoms with Gasteiger partial charge in [0.2, 0.25) is 0 Å². The number of aromatic hydroxyl groups is 1. The van der Waals surface area contributed by atoms with Crippen molar-refractivity contribution in [1.82, 2.24) is 19.7 Å². The highest BCUT2D eigenvalue weighted by atomic mass is 35.5. The molecule has 1 aliphatic heterocycles. The summed E-state index contributed by atoms with van der Waals surface area (Å²) in [5.74, 6) is 0.404. The number of phenolic OH excluding ortho intramolecular Hbond substituents is 1. The predicted octanol–water partition coefficient (Wildman–Crippen LogP) is 1.29. The Morgan fingerprint density at radius 2 is 2.21 bits per heavy atom. The van der Waals surface area contributed by atoms with Crippen LogP contribution in [0.15, 0.2) is 24.5 Å². The molecule has 0 aliphatic carbocycles. The molecule has 0 radical (unpaired) electrons. The molecule has 1 aromatic carbocycles. The Morgan fingerprint density at radius 3 is 3.00 bits per heavy atom. The summed E-state index contributed by atoms with van der Waals surface area (Å²) < 4.78 is 1.91. The van der Waals surface area contributed by atoms with Gasteiger partial charge in [-0.25, -0.2) is 0 Å². The van der Waals surface area contributed by atoms with E-state index in [2.05, 4.69) is 10.2 Å². The van der Waals surface area contributed by atoms with Crippen molar-refractivity contribution in [1.29, 1.82) is 0 Å². The van der Waals surface area contributed by atoms with Crippen LogP contribution < -0.4 is 0 Å². The van der Waals surface area contributed by atoms with Gasteiger partial charge < -0.3 is 14.6 Å². The Morgan fingerprint density at radius 1 is 1.37 bits per heavy atom. The zero-order valence-corrected chi connectivity index (χ0v) is 10.7. The fraction of sp³-hybridized carbons (Fsp3) is 0.250. The lowest BCUT2D eigenvalue weighted by molar-refractivity contribution is 0.0704. The Balaban J connectivity index is 1.85. The first-order valence-electron chi connectivity index (χ1n) is 5.79. The van der Waals surface area contributed by atoms with Gasteiger partial charge in [0.15, 0.2) is 5.82 Å². The average Bonchev–Trinajstić information content (AvgIpc) is 2.85. The Kier molecular flexibility index (Phi) is 2.87. The minimum Gasteiger partial charge on any atom is -0.507 e. The first-order valence-corrected chi connectivity index (χ1v) is 6.17. The quantitative estimate of drug-likeness (QED) is 0.853. The van der Waals surface area contributed by atoms with Gasteiger partial charge in [-0.1, -0.05) is 11.6 Å². The predicted molar refractivity (Wildman–Crippen MR) is 67.9 cm³/mol. The molecular weight excluding hydrogens is 268 g/mol. The number of aromatic nitrogens is 3. The Labute approximate surface area is 114 Å². The van der Waals surface area contributed by atoms with Crippen LogP contribution in [0.3, 0.4) is 0 Å². The summed E-state index contributed by atoms with van der Waals surface area (Å²) in [5, 5.41) is 17.9. The highest BCUT2D eigenvalue weighted by molar-refractivity contribution is 6.30. The molecule has 1 amide bonds. The van der Waals surface area contributed by atoms with Gasteiger partial charge in [-0.2, -0.15) is 0 Å². The van der Waals surface area contributed by atoms with E-state index in [1.165, 1.54) is 12.1 Å². The number of halogens is 1. The zero-order chi connectivity index (χ0) is 13.4. The lowest BCUT2D eigenvalue weighted by Crippen LogP contribution is -2.38. The number of phenols is 1. The fourth-order valence-corrected chi connectivity index (χ4v) is 2.26. The van der Waals surface area contributed by atoms with Crippen LogP contribution in [0.2, 0.25) is 5.02 Å². The number of carbonyl (C=O) groups is 1. The van der Waals surface area contributed by atoms with E-state index in [0.29, 0.717) is 24.7 Å². The third kappa shape index (κ3) is 2.15. The molecule has 2 aromatic rings. The summed E-state index contributed by atoms with van der Waals surface area (Å²) in [6.07, 6.45) is 1.65. The summed E-state index contributed by atoms with van der Waals surface area (Å²) in [6, 6.07) is 4.47. The van der Waals surface area contributed by atoms with Crippen molar-refractivity contribution < 1.29 is 9.90 Å². The van der Waals surface area contributed by atoms with Crippen LogP contribution >= 0.6 is 11.6 Å². The standard InChI is InChI=1S/C12H11ClN4O2/c13-8-1-2-9(10(18)5-8)12(19)16-3-4-17-7-14-15-11(17)6-16/h1-2,5,7,18H,3-4,6H2. The van der Waals surface area contributed by atoms with E-state index in [9.17, 15) is 9.90 Å². The van der Waals surface area contributed by atoms with Gasteiger partial charge in [0, 0.05) is 18.1 Å². The van der Waals surface area contributed by atoms with E-state index in [-0.39, 0.29) is 17.2 Å². The minimum absolute atomic E-state index is 0.107. The zero-order valence-electron chi connectivity index (χ0n) is 9.95. The third-order valence-electron chi connectivity index (χ3n) is 3.12. The van der Waals surface area contributed by atoms with E-state index in [1.54, 1.807) is 17.3 Å². The molecule has 1 aliphatic rings. The molecule has 98 valence electrons. The maximum atomic E-state index is 12.3. The molecule has 0 fully saturated rings. The summed E-state index contributed by atoms with van der Waals surface area (Å²) in [7, 11) is 0. The molecule has 0 saturated heterocycles. The van der Waals surface area contributed by atoms with Gasteiger partial charge in [0.05, 0.1) is 12.1 Å². The normalized spacial score (nSPS) is 14.3. The molecule has 0 saturated carbocycles. The lowest BCUT2D eigenvalue weighted by Gasteiger charge is -2.27. The monoisotopic (exact) mass is 278 g/mol. The molecule has 0 unspecified atom stereocenters. The lowest BCUT2D eigenvalue weighted by atomic mass is 10.1. The molecule has 6 nitrogen and oxygen atoms in total. The van der Waals surface area contributed by atoms with Gasteiger partial charge >= 0.3 is 0 Å². The number of hydrogen-bond donors (Lipinski definition) is 1.